The molecular weight excluding hydrogens is 365 g/mol. The summed E-state index contributed by atoms with van der Waals surface area (Å²) in [4.78, 5) is 19.8. The molecule has 3 aromatic rings. The molecule has 4 heterocycles. The largest absolute Gasteiger partial charge is 0.363 e. The van der Waals surface area contributed by atoms with Crippen molar-refractivity contribution in [1.29, 1.82) is 0 Å². The van der Waals surface area contributed by atoms with Crippen LogP contribution in [0.1, 0.15) is 21.9 Å². The highest BCUT2D eigenvalue weighted by Crippen LogP contribution is 2.36. The van der Waals surface area contributed by atoms with Crippen molar-refractivity contribution in [3.05, 3.63) is 64.5 Å². The minimum absolute atomic E-state index is 0.0623. The smallest absolute Gasteiger partial charge is 0.264 e. The molecule has 0 saturated carbocycles. The molecule has 2 aliphatic rings. The summed E-state index contributed by atoms with van der Waals surface area (Å²) < 4.78 is 21.9. The molecule has 1 amide bonds. The summed E-state index contributed by atoms with van der Waals surface area (Å²) in [6.07, 6.45) is 2.56. The Labute approximate surface area is 160 Å². The zero-order chi connectivity index (χ0) is 18.4. The second kappa shape index (κ2) is 6.28. The fraction of sp³-hybridized carbons (Fsp3) is 0.300. The molecule has 7 heteroatoms. The third-order valence-corrected chi connectivity index (χ3v) is 6.21. The van der Waals surface area contributed by atoms with Gasteiger partial charge in [0.2, 0.25) is 0 Å². The van der Waals surface area contributed by atoms with Crippen LogP contribution in [-0.2, 0) is 17.9 Å². The van der Waals surface area contributed by atoms with Gasteiger partial charge in [-0.15, -0.1) is 11.3 Å². The van der Waals surface area contributed by atoms with Gasteiger partial charge in [0.1, 0.15) is 23.8 Å². The van der Waals surface area contributed by atoms with Gasteiger partial charge in [-0.1, -0.05) is 18.2 Å². The van der Waals surface area contributed by atoms with E-state index in [1.54, 1.807) is 12.3 Å². The summed E-state index contributed by atoms with van der Waals surface area (Å²) >= 11 is 1.46. The van der Waals surface area contributed by atoms with Gasteiger partial charge in [-0.25, -0.2) is 9.37 Å². The Balaban J connectivity index is 1.41. The molecular formula is C20H18FN3O2S. The van der Waals surface area contributed by atoms with Gasteiger partial charge in [0.25, 0.3) is 5.91 Å². The lowest BCUT2D eigenvalue weighted by Crippen LogP contribution is -2.45. The Morgan fingerprint density at radius 2 is 2.19 bits per heavy atom. The van der Waals surface area contributed by atoms with E-state index in [9.17, 15) is 9.18 Å². The van der Waals surface area contributed by atoms with Crippen molar-refractivity contribution in [1.82, 2.24) is 14.5 Å². The van der Waals surface area contributed by atoms with E-state index in [0.29, 0.717) is 26.2 Å². The maximum Gasteiger partial charge on any atom is 0.264 e. The summed E-state index contributed by atoms with van der Waals surface area (Å²) in [5.41, 5.74) is 1.27. The average molecular weight is 383 g/mol. The highest BCUT2D eigenvalue weighted by molar-refractivity contribution is 7.12. The van der Waals surface area contributed by atoms with Gasteiger partial charge in [-0.3, -0.25) is 4.79 Å². The number of imidazole rings is 1. The fourth-order valence-corrected chi connectivity index (χ4v) is 4.65. The summed E-state index contributed by atoms with van der Waals surface area (Å²) in [6.45, 7) is 2.25. The van der Waals surface area contributed by atoms with Crippen molar-refractivity contribution in [2.75, 3.05) is 13.1 Å². The predicted molar refractivity (Wildman–Crippen MR) is 100.0 cm³/mol. The zero-order valence-corrected chi connectivity index (χ0v) is 15.4. The molecule has 138 valence electrons. The first-order valence-electron chi connectivity index (χ1n) is 8.91. The van der Waals surface area contributed by atoms with E-state index in [0.717, 1.165) is 28.4 Å². The topological polar surface area (TPSA) is 47.4 Å². The maximum absolute atomic E-state index is 13.7. The molecule has 0 aliphatic carbocycles. The van der Waals surface area contributed by atoms with Gasteiger partial charge < -0.3 is 14.2 Å². The van der Waals surface area contributed by atoms with E-state index in [4.69, 9.17) is 4.74 Å². The third-order valence-electron chi connectivity index (χ3n) is 5.35. The van der Waals surface area contributed by atoms with Crippen LogP contribution in [-0.4, -0.2) is 39.0 Å². The molecule has 0 radical (unpaired) electrons. The summed E-state index contributed by atoms with van der Waals surface area (Å²) in [5.74, 6) is 0.633. The van der Waals surface area contributed by atoms with Gasteiger partial charge in [0.15, 0.2) is 0 Å². The minimum Gasteiger partial charge on any atom is -0.363 e. The molecule has 0 bridgehead atoms. The van der Waals surface area contributed by atoms with E-state index in [-0.39, 0.29) is 11.7 Å². The van der Waals surface area contributed by atoms with Crippen LogP contribution in [0.25, 0.3) is 11.3 Å². The molecule has 1 atom stereocenters. The number of likely N-dealkylation sites (tertiary alicyclic amines) is 1. The van der Waals surface area contributed by atoms with Gasteiger partial charge >= 0.3 is 0 Å². The second-order valence-electron chi connectivity index (χ2n) is 7.08. The van der Waals surface area contributed by atoms with Gasteiger partial charge in [-0.05, 0) is 30.0 Å². The molecule has 2 aliphatic heterocycles. The lowest BCUT2D eigenvalue weighted by Gasteiger charge is -2.35. The number of carbonyl (C=O) groups excluding carboxylic acids is 1. The standard InChI is InChI=1S/C20H18FN3O2S/c21-15-4-1-3-14(9-15)16-10-22-18-11-26-20(13-24(16)18)6-7-23(12-20)19(25)17-5-2-8-27-17/h1-5,8-10H,6-7,11-13H2. The molecule has 1 spiro atoms. The molecule has 0 N–H and O–H groups in total. The average Bonchev–Trinajstić information content (AvgIpc) is 3.41. The number of benzene rings is 1. The number of amides is 1. The number of carbonyl (C=O) groups is 1. The van der Waals surface area contributed by atoms with Crippen LogP contribution < -0.4 is 0 Å². The quantitative estimate of drug-likeness (QED) is 0.680. The zero-order valence-electron chi connectivity index (χ0n) is 14.6. The SMILES string of the molecule is O=C(c1cccs1)N1CCC2(C1)Cn1c(-c3cccc(F)c3)cnc1CO2. The molecule has 1 unspecified atom stereocenters. The highest BCUT2D eigenvalue weighted by Gasteiger charge is 2.44. The van der Waals surface area contributed by atoms with E-state index in [1.807, 2.05) is 28.5 Å². The van der Waals surface area contributed by atoms with Crippen LogP contribution in [0.2, 0.25) is 0 Å². The third kappa shape index (κ3) is 2.87. The van der Waals surface area contributed by atoms with Crippen molar-refractivity contribution in [3.8, 4) is 11.3 Å². The molecule has 27 heavy (non-hydrogen) atoms. The van der Waals surface area contributed by atoms with Crippen molar-refractivity contribution < 1.29 is 13.9 Å². The molecule has 1 aromatic carbocycles. The maximum atomic E-state index is 13.7. The lowest BCUT2D eigenvalue weighted by molar-refractivity contribution is -0.0804. The van der Waals surface area contributed by atoms with Crippen LogP contribution in [0.4, 0.5) is 4.39 Å². The Kier molecular flexibility index (Phi) is 3.87. The van der Waals surface area contributed by atoms with Crippen LogP contribution in [0.5, 0.6) is 0 Å². The van der Waals surface area contributed by atoms with Crippen LogP contribution >= 0.6 is 11.3 Å². The van der Waals surface area contributed by atoms with Crippen LogP contribution in [0.3, 0.4) is 0 Å². The van der Waals surface area contributed by atoms with Gasteiger partial charge in [-0.2, -0.15) is 0 Å². The van der Waals surface area contributed by atoms with Crippen LogP contribution in [0.15, 0.2) is 48.0 Å². The highest BCUT2D eigenvalue weighted by atomic mass is 32.1. The molecule has 2 aromatic heterocycles. The van der Waals surface area contributed by atoms with E-state index < -0.39 is 5.60 Å². The number of nitrogens with zero attached hydrogens (tertiary/aromatic N) is 3. The predicted octanol–water partition coefficient (Wildman–Crippen LogP) is 3.57. The number of halogens is 1. The van der Waals surface area contributed by atoms with E-state index >= 15 is 0 Å². The number of rotatable bonds is 2. The van der Waals surface area contributed by atoms with Crippen LogP contribution in [0, 0.1) is 5.82 Å². The molecule has 1 fully saturated rings. The molecule has 5 nitrogen and oxygen atoms in total. The normalized spacial score (nSPS) is 21.6. The number of hydrogen-bond acceptors (Lipinski definition) is 4. The Morgan fingerprint density at radius 3 is 3.00 bits per heavy atom. The Hall–Kier alpha value is -2.51. The Bertz CT molecular complexity index is 1000. The van der Waals surface area contributed by atoms with E-state index in [1.165, 1.54) is 23.5 Å². The van der Waals surface area contributed by atoms with Gasteiger partial charge in [0, 0.05) is 12.1 Å². The summed E-state index contributed by atoms with van der Waals surface area (Å²) in [6, 6.07) is 10.3. The van der Waals surface area contributed by atoms with Crippen molar-refractivity contribution >= 4 is 17.2 Å². The summed E-state index contributed by atoms with van der Waals surface area (Å²) in [7, 11) is 0. The number of ether oxygens (including phenoxy) is 1. The number of hydrogen-bond donors (Lipinski definition) is 0. The first-order valence-corrected chi connectivity index (χ1v) is 9.79. The first-order chi connectivity index (χ1) is 13.1. The van der Waals surface area contributed by atoms with Crippen molar-refractivity contribution in [2.45, 2.75) is 25.2 Å². The summed E-state index contributed by atoms with van der Waals surface area (Å²) in [5, 5.41) is 1.92. The van der Waals surface area contributed by atoms with E-state index in [2.05, 4.69) is 9.55 Å². The van der Waals surface area contributed by atoms with Gasteiger partial charge in [0.05, 0.1) is 29.9 Å². The number of thiophene rings is 1. The first kappa shape index (κ1) is 16.6. The monoisotopic (exact) mass is 383 g/mol. The molecule has 1 saturated heterocycles. The minimum atomic E-state index is -0.414. The molecule has 5 rings (SSSR count). The van der Waals surface area contributed by atoms with Crippen molar-refractivity contribution in [3.63, 3.8) is 0 Å². The van der Waals surface area contributed by atoms with Crippen molar-refractivity contribution in [2.24, 2.45) is 0 Å². The lowest BCUT2D eigenvalue weighted by atomic mass is 10.0. The second-order valence-corrected chi connectivity index (χ2v) is 8.03. The Morgan fingerprint density at radius 1 is 1.26 bits per heavy atom. The fourth-order valence-electron chi connectivity index (χ4n) is 3.96. The number of fused-ring (bicyclic) bond motifs is 1. The number of aromatic nitrogens is 2.